The Kier molecular flexibility index (Phi) is 13.8. The van der Waals surface area contributed by atoms with Gasteiger partial charge in [0.25, 0.3) is 5.91 Å². The van der Waals surface area contributed by atoms with E-state index >= 15 is 0 Å². The van der Waals surface area contributed by atoms with Crippen molar-refractivity contribution in [1.29, 1.82) is 0 Å². The molecular weight excluding hydrogens is 608 g/mol. The molecule has 0 aromatic heterocycles. The first-order valence-corrected chi connectivity index (χ1v) is 16.8. The Morgan fingerprint density at radius 2 is 1.42 bits per heavy atom. The zero-order chi connectivity index (χ0) is 34.5. The standard InChI is InChI=1S/C40H47F2N3O3/c1-4-18-45(19-5-2)39(46)32-20-28(3)21-33(25-32)40(47)48-38(36(43)24-30-22-34(41)26-35(42)23-30)27-44-37(31-14-10-7-11-15-31)17-16-29-12-8-6-9-13-29/h6-15,20-23,25-26,36-38,44H,4-5,16-19,24,27,43H2,1-3H3/t36-,37?,38+/m0/s1. The monoisotopic (exact) mass is 655 g/mol. The molecule has 0 heterocycles. The Bertz CT molecular complexity index is 1590. The SMILES string of the molecule is CCCN(CCC)C(=O)c1cc(C)cc(C(=O)O[C@H](CNC(CCc2ccccc2)c2ccccc2)[C@@H](N)Cc2cc(F)cc(F)c2)c1. The number of hydrogen-bond donors (Lipinski definition) is 2. The molecule has 0 spiro atoms. The van der Waals surface area contributed by atoms with Crippen LogP contribution in [0.3, 0.4) is 0 Å². The van der Waals surface area contributed by atoms with Crippen molar-refractivity contribution in [2.24, 2.45) is 5.73 Å². The summed E-state index contributed by atoms with van der Waals surface area (Å²) in [5, 5.41) is 3.57. The van der Waals surface area contributed by atoms with Crippen LogP contribution < -0.4 is 11.1 Å². The van der Waals surface area contributed by atoms with Crippen molar-refractivity contribution in [2.45, 2.75) is 71.1 Å². The summed E-state index contributed by atoms with van der Waals surface area (Å²) < 4.78 is 34.2. The van der Waals surface area contributed by atoms with Gasteiger partial charge >= 0.3 is 5.97 Å². The lowest BCUT2D eigenvalue weighted by atomic mass is 9.97. The van der Waals surface area contributed by atoms with Crippen LogP contribution in [0.1, 0.15) is 82.1 Å². The third-order valence-electron chi connectivity index (χ3n) is 8.30. The summed E-state index contributed by atoms with van der Waals surface area (Å²) in [5.74, 6) is -2.17. The lowest BCUT2D eigenvalue weighted by Gasteiger charge is -2.28. The van der Waals surface area contributed by atoms with Gasteiger partial charge in [-0.2, -0.15) is 0 Å². The second-order valence-electron chi connectivity index (χ2n) is 12.4. The molecule has 0 bridgehead atoms. The van der Waals surface area contributed by atoms with Gasteiger partial charge in [0, 0.05) is 43.3 Å². The molecule has 0 aliphatic heterocycles. The van der Waals surface area contributed by atoms with E-state index in [0.717, 1.165) is 42.9 Å². The van der Waals surface area contributed by atoms with Gasteiger partial charge in [-0.3, -0.25) is 4.79 Å². The van der Waals surface area contributed by atoms with Gasteiger partial charge in [0.15, 0.2) is 0 Å². The highest BCUT2D eigenvalue weighted by atomic mass is 19.1. The summed E-state index contributed by atoms with van der Waals surface area (Å²) in [4.78, 5) is 28.9. The largest absolute Gasteiger partial charge is 0.456 e. The number of nitrogens with one attached hydrogen (secondary N) is 1. The highest BCUT2D eigenvalue weighted by molar-refractivity contribution is 5.98. The third-order valence-corrected chi connectivity index (χ3v) is 8.30. The van der Waals surface area contributed by atoms with Gasteiger partial charge in [-0.25, -0.2) is 13.6 Å². The van der Waals surface area contributed by atoms with Crippen molar-refractivity contribution in [3.05, 3.63) is 142 Å². The van der Waals surface area contributed by atoms with Crippen molar-refractivity contribution in [1.82, 2.24) is 10.2 Å². The second-order valence-corrected chi connectivity index (χ2v) is 12.4. The number of nitrogens with two attached hydrogens (primary N) is 1. The van der Waals surface area contributed by atoms with Crippen LogP contribution in [0.2, 0.25) is 0 Å². The number of carbonyl (C=O) groups is 2. The topological polar surface area (TPSA) is 84.7 Å². The van der Waals surface area contributed by atoms with Crippen LogP contribution in [0.25, 0.3) is 0 Å². The van der Waals surface area contributed by atoms with Crippen molar-refractivity contribution in [3.63, 3.8) is 0 Å². The molecule has 0 saturated carbocycles. The molecule has 254 valence electrons. The summed E-state index contributed by atoms with van der Waals surface area (Å²) in [6.07, 6.45) is 2.46. The highest BCUT2D eigenvalue weighted by Gasteiger charge is 2.26. The molecule has 6 nitrogen and oxygen atoms in total. The lowest BCUT2D eigenvalue weighted by molar-refractivity contribution is 0.0231. The van der Waals surface area contributed by atoms with Crippen LogP contribution in [0.15, 0.2) is 97.1 Å². The molecule has 0 aliphatic rings. The first-order valence-electron chi connectivity index (χ1n) is 16.8. The second kappa shape index (κ2) is 18.2. The number of ether oxygens (including phenoxy) is 1. The van der Waals surface area contributed by atoms with E-state index in [0.29, 0.717) is 24.2 Å². The molecule has 1 unspecified atom stereocenters. The molecule has 4 rings (SSSR count). The number of halogens is 2. The normalized spacial score (nSPS) is 13.0. The first kappa shape index (κ1) is 36.4. The van der Waals surface area contributed by atoms with E-state index in [4.69, 9.17) is 10.5 Å². The molecule has 0 aliphatic carbocycles. The van der Waals surface area contributed by atoms with Crippen LogP contribution >= 0.6 is 0 Å². The molecule has 0 fully saturated rings. The average molecular weight is 656 g/mol. The van der Waals surface area contributed by atoms with Crippen molar-refractivity contribution >= 4 is 11.9 Å². The number of esters is 1. The number of benzene rings is 4. The van der Waals surface area contributed by atoms with Crippen molar-refractivity contribution in [3.8, 4) is 0 Å². The Hall–Kier alpha value is -4.40. The number of rotatable bonds is 17. The fraction of sp³-hybridized carbons (Fsp3) is 0.350. The smallest absolute Gasteiger partial charge is 0.338 e. The van der Waals surface area contributed by atoms with E-state index < -0.39 is 29.7 Å². The van der Waals surface area contributed by atoms with E-state index in [1.54, 1.807) is 23.1 Å². The third kappa shape index (κ3) is 10.8. The summed E-state index contributed by atoms with van der Waals surface area (Å²) in [7, 11) is 0. The fourth-order valence-corrected chi connectivity index (χ4v) is 5.97. The predicted molar refractivity (Wildman–Crippen MR) is 187 cm³/mol. The minimum atomic E-state index is -0.858. The van der Waals surface area contributed by atoms with Gasteiger partial charge in [-0.1, -0.05) is 74.5 Å². The zero-order valence-corrected chi connectivity index (χ0v) is 28.1. The van der Waals surface area contributed by atoms with Gasteiger partial charge < -0.3 is 20.7 Å². The number of hydrogen-bond acceptors (Lipinski definition) is 5. The molecule has 1 amide bonds. The van der Waals surface area contributed by atoms with E-state index in [9.17, 15) is 18.4 Å². The van der Waals surface area contributed by atoms with Crippen LogP contribution in [-0.4, -0.2) is 48.6 Å². The molecule has 0 radical (unpaired) electrons. The summed E-state index contributed by atoms with van der Waals surface area (Å²) in [6.45, 7) is 7.31. The van der Waals surface area contributed by atoms with Gasteiger partial charge in [0.1, 0.15) is 17.7 Å². The maximum atomic E-state index is 14.1. The number of carbonyl (C=O) groups excluding carboxylic acids is 2. The molecule has 4 aromatic rings. The van der Waals surface area contributed by atoms with Crippen molar-refractivity contribution in [2.75, 3.05) is 19.6 Å². The van der Waals surface area contributed by atoms with Gasteiger partial charge in [0.2, 0.25) is 0 Å². The zero-order valence-electron chi connectivity index (χ0n) is 28.1. The number of amides is 1. The first-order chi connectivity index (χ1) is 23.2. The van der Waals surface area contributed by atoms with Gasteiger partial charge in [0.05, 0.1) is 5.56 Å². The fourth-order valence-electron chi connectivity index (χ4n) is 5.97. The van der Waals surface area contributed by atoms with E-state index in [-0.39, 0.29) is 30.5 Å². The number of aryl methyl sites for hydroxylation is 2. The van der Waals surface area contributed by atoms with Crippen LogP contribution in [0.5, 0.6) is 0 Å². The minimum Gasteiger partial charge on any atom is -0.456 e. The summed E-state index contributed by atoms with van der Waals surface area (Å²) >= 11 is 0. The van der Waals surface area contributed by atoms with E-state index in [1.807, 2.05) is 69.3 Å². The average Bonchev–Trinajstić information content (AvgIpc) is 3.07. The van der Waals surface area contributed by atoms with Gasteiger partial charge in [-0.05, 0) is 91.6 Å². The Morgan fingerprint density at radius 3 is 2.04 bits per heavy atom. The quantitative estimate of drug-likeness (QED) is 0.115. The van der Waals surface area contributed by atoms with Gasteiger partial charge in [-0.15, -0.1) is 0 Å². The van der Waals surface area contributed by atoms with E-state index in [2.05, 4.69) is 17.4 Å². The lowest BCUT2D eigenvalue weighted by Crippen LogP contribution is -2.46. The molecule has 3 N–H and O–H groups in total. The molecule has 4 aromatic carbocycles. The molecule has 8 heteroatoms. The highest BCUT2D eigenvalue weighted by Crippen LogP contribution is 2.21. The van der Waals surface area contributed by atoms with Crippen LogP contribution in [0.4, 0.5) is 8.78 Å². The molecule has 48 heavy (non-hydrogen) atoms. The van der Waals surface area contributed by atoms with Crippen LogP contribution in [-0.2, 0) is 17.6 Å². The minimum absolute atomic E-state index is 0.0782. The summed E-state index contributed by atoms with van der Waals surface area (Å²) in [6, 6.07) is 27.6. The van der Waals surface area contributed by atoms with Crippen LogP contribution in [0, 0.1) is 18.6 Å². The Morgan fingerprint density at radius 1 is 0.812 bits per heavy atom. The van der Waals surface area contributed by atoms with E-state index in [1.165, 1.54) is 17.7 Å². The van der Waals surface area contributed by atoms with Crippen molar-refractivity contribution < 1.29 is 23.1 Å². The molecule has 0 saturated heterocycles. The maximum absolute atomic E-state index is 14.1. The molecular formula is C40H47F2N3O3. The Labute approximate surface area is 283 Å². The molecule has 3 atom stereocenters. The maximum Gasteiger partial charge on any atom is 0.338 e. The summed E-state index contributed by atoms with van der Waals surface area (Å²) in [5.41, 5.74) is 10.7. The Balaban J connectivity index is 1.58. The predicted octanol–water partition coefficient (Wildman–Crippen LogP) is 7.59. The number of nitrogens with zero attached hydrogens (tertiary/aromatic N) is 1.